The van der Waals surface area contributed by atoms with E-state index in [9.17, 15) is 5.11 Å². The van der Waals surface area contributed by atoms with E-state index in [1.54, 1.807) is 0 Å². The van der Waals surface area contributed by atoms with Crippen LogP contribution in [0.3, 0.4) is 0 Å². The molecule has 1 N–H and O–H groups in total. The van der Waals surface area contributed by atoms with Gasteiger partial charge in [0.2, 0.25) is 0 Å². The second-order valence-electron chi connectivity index (χ2n) is 5.98. The van der Waals surface area contributed by atoms with E-state index in [1.807, 2.05) is 0 Å². The van der Waals surface area contributed by atoms with Gasteiger partial charge in [-0.25, -0.2) is 0 Å². The van der Waals surface area contributed by atoms with Crippen molar-refractivity contribution in [3.05, 3.63) is 35.4 Å². The SMILES string of the molecule is CC(C)Cc1cccc(C(O)C(C)C2CC2)c1. The Hall–Kier alpha value is -0.820. The van der Waals surface area contributed by atoms with Gasteiger partial charge in [-0.3, -0.25) is 0 Å². The maximum atomic E-state index is 10.4. The van der Waals surface area contributed by atoms with Gasteiger partial charge in [0.05, 0.1) is 6.10 Å². The van der Waals surface area contributed by atoms with Crippen LogP contribution in [0.25, 0.3) is 0 Å². The van der Waals surface area contributed by atoms with Gasteiger partial charge in [-0.1, -0.05) is 45.0 Å². The Morgan fingerprint density at radius 3 is 2.53 bits per heavy atom. The molecular weight excluding hydrogens is 208 g/mol. The zero-order chi connectivity index (χ0) is 12.4. The molecule has 2 rings (SSSR count). The summed E-state index contributed by atoms with van der Waals surface area (Å²) in [5.41, 5.74) is 2.45. The van der Waals surface area contributed by atoms with Gasteiger partial charge >= 0.3 is 0 Å². The molecule has 17 heavy (non-hydrogen) atoms. The van der Waals surface area contributed by atoms with Gasteiger partial charge in [-0.15, -0.1) is 0 Å². The highest BCUT2D eigenvalue weighted by Crippen LogP contribution is 2.42. The zero-order valence-electron chi connectivity index (χ0n) is 11.2. The number of aliphatic hydroxyl groups excluding tert-OH is 1. The fourth-order valence-corrected chi connectivity index (χ4v) is 2.56. The summed E-state index contributed by atoms with van der Waals surface area (Å²) in [6, 6.07) is 8.49. The standard InChI is InChI=1S/C16H24O/c1-11(2)9-13-5-4-6-15(10-13)16(17)12(3)14-7-8-14/h4-6,10-12,14,16-17H,7-9H2,1-3H3. The molecule has 0 amide bonds. The summed E-state index contributed by atoms with van der Waals surface area (Å²) < 4.78 is 0. The van der Waals surface area contributed by atoms with E-state index in [0.717, 1.165) is 17.9 Å². The Bertz CT molecular complexity index is 366. The lowest BCUT2D eigenvalue weighted by Gasteiger charge is -2.19. The van der Waals surface area contributed by atoms with Crippen molar-refractivity contribution < 1.29 is 5.11 Å². The molecule has 0 radical (unpaired) electrons. The molecule has 0 heterocycles. The summed E-state index contributed by atoms with van der Waals surface area (Å²) in [5, 5.41) is 10.4. The molecule has 1 nitrogen and oxygen atoms in total. The van der Waals surface area contributed by atoms with Crippen molar-refractivity contribution in [1.29, 1.82) is 0 Å². The van der Waals surface area contributed by atoms with Gasteiger partial charge in [0.1, 0.15) is 0 Å². The van der Waals surface area contributed by atoms with E-state index >= 15 is 0 Å². The van der Waals surface area contributed by atoms with Crippen LogP contribution in [-0.2, 0) is 6.42 Å². The molecule has 0 bridgehead atoms. The van der Waals surface area contributed by atoms with E-state index in [-0.39, 0.29) is 6.10 Å². The average Bonchev–Trinajstić information content (AvgIpc) is 3.10. The van der Waals surface area contributed by atoms with Crippen LogP contribution in [0.1, 0.15) is 50.8 Å². The molecule has 1 aliphatic rings. The molecule has 1 fully saturated rings. The molecule has 94 valence electrons. The fourth-order valence-electron chi connectivity index (χ4n) is 2.56. The Kier molecular flexibility index (Phi) is 3.88. The summed E-state index contributed by atoms with van der Waals surface area (Å²) in [6.45, 7) is 6.64. The third-order valence-corrected chi connectivity index (χ3v) is 3.80. The Morgan fingerprint density at radius 1 is 1.24 bits per heavy atom. The van der Waals surface area contributed by atoms with Crippen molar-refractivity contribution in [2.45, 2.75) is 46.1 Å². The highest BCUT2D eigenvalue weighted by Gasteiger charge is 2.33. The summed E-state index contributed by atoms with van der Waals surface area (Å²) in [5.74, 6) is 1.83. The first kappa shape index (κ1) is 12.6. The van der Waals surface area contributed by atoms with Crippen LogP contribution in [0.15, 0.2) is 24.3 Å². The Morgan fingerprint density at radius 2 is 1.94 bits per heavy atom. The normalized spacial score (nSPS) is 19.4. The number of benzene rings is 1. The molecule has 2 atom stereocenters. The molecule has 0 saturated heterocycles. The van der Waals surface area contributed by atoms with Gasteiger partial charge in [0, 0.05) is 0 Å². The average molecular weight is 232 g/mol. The van der Waals surface area contributed by atoms with E-state index in [2.05, 4.69) is 45.0 Å². The summed E-state index contributed by atoms with van der Waals surface area (Å²) in [7, 11) is 0. The summed E-state index contributed by atoms with van der Waals surface area (Å²) in [4.78, 5) is 0. The number of hydrogen-bond acceptors (Lipinski definition) is 1. The van der Waals surface area contributed by atoms with Crippen molar-refractivity contribution in [2.75, 3.05) is 0 Å². The van der Waals surface area contributed by atoms with E-state index < -0.39 is 0 Å². The molecule has 0 spiro atoms. The van der Waals surface area contributed by atoms with Crippen LogP contribution in [0.5, 0.6) is 0 Å². The van der Waals surface area contributed by atoms with Gasteiger partial charge in [0.25, 0.3) is 0 Å². The highest BCUT2D eigenvalue weighted by atomic mass is 16.3. The molecule has 1 saturated carbocycles. The van der Waals surface area contributed by atoms with Gasteiger partial charge in [-0.2, -0.15) is 0 Å². The molecule has 0 aromatic heterocycles. The van der Waals surface area contributed by atoms with E-state index in [4.69, 9.17) is 0 Å². The summed E-state index contributed by atoms with van der Waals surface area (Å²) >= 11 is 0. The van der Waals surface area contributed by atoms with Crippen molar-refractivity contribution >= 4 is 0 Å². The van der Waals surface area contributed by atoms with Crippen molar-refractivity contribution in [2.24, 2.45) is 17.8 Å². The largest absolute Gasteiger partial charge is 0.388 e. The summed E-state index contributed by atoms with van der Waals surface area (Å²) in [6.07, 6.45) is 3.40. The van der Waals surface area contributed by atoms with Crippen molar-refractivity contribution in [3.8, 4) is 0 Å². The van der Waals surface area contributed by atoms with Crippen LogP contribution in [0, 0.1) is 17.8 Å². The van der Waals surface area contributed by atoms with Crippen LogP contribution >= 0.6 is 0 Å². The molecule has 1 aromatic rings. The predicted octanol–water partition coefficient (Wildman–Crippen LogP) is 3.96. The molecule has 0 aliphatic heterocycles. The molecule has 1 aliphatic carbocycles. The first-order valence-electron chi connectivity index (χ1n) is 6.85. The topological polar surface area (TPSA) is 20.2 Å². The third kappa shape index (κ3) is 3.32. The fraction of sp³-hybridized carbons (Fsp3) is 0.625. The second kappa shape index (κ2) is 5.22. The second-order valence-corrected chi connectivity index (χ2v) is 5.98. The molecule has 2 unspecified atom stereocenters. The minimum atomic E-state index is -0.283. The lowest BCUT2D eigenvalue weighted by molar-refractivity contribution is 0.106. The third-order valence-electron chi connectivity index (χ3n) is 3.80. The van der Waals surface area contributed by atoms with Crippen LogP contribution in [0.4, 0.5) is 0 Å². The lowest BCUT2D eigenvalue weighted by Crippen LogP contribution is -2.11. The Balaban J connectivity index is 2.08. The molecule has 1 heteroatoms. The monoisotopic (exact) mass is 232 g/mol. The van der Waals surface area contributed by atoms with Gasteiger partial charge < -0.3 is 5.11 Å². The highest BCUT2D eigenvalue weighted by molar-refractivity contribution is 5.26. The minimum absolute atomic E-state index is 0.283. The van der Waals surface area contributed by atoms with Gasteiger partial charge in [0.15, 0.2) is 0 Å². The Labute approximate surface area is 105 Å². The molecule has 1 aromatic carbocycles. The van der Waals surface area contributed by atoms with Gasteiger partial charge in [-0.05, 0) is 48.1 Å². The predicted molar refractivity (Wildman–Crippen MR) is 71.8 cm³/mol. The van der Waals surface area contributed by atoms with Crippen LogP contribution < -0.4 is 0 Å². The first-order chi connectivity index (χ1) is 8.08. The van der Waals surface area contributed by atoms with Crippen LogP contribution in [-0.4, -0.2) is 5.11 Å². The maximum Gasteiger partial charge on any atom is 0.0818 e. The minimum Gasteiger partial charge on any atom is -0.388 e. The van der Waals surface area contributed by atoms with Crippen molar-refractivity contribution in [3.63, 3.8) is 0 Å². The zero-order valence-corrected chi connectivity index (χ0v) is 11.2. The van der Waals surface area contributed by atoms with E-state index in [1.165, 1.54) is 18.4 Å². The van der Waals surface area contributed by atoms with Crippen molar-refractivity contribution in [1.82, 2.24) is 0 Å². The lowest BCUT2D eigenvalue weighted by atomic mass is 9.91. The molecular formula is C16H24O. The van der Waals surface area contributed by atoms with E-state index in [0.29, 0.717) is 11.8 Å². The maximum absolute atomic E-state index is 10.4. The first-order valence-corrected chi connectivity index (χ1v) is 6.85. The smallest absolute Gasteiger partial charge is 0.0818 e. The number of aliphatic hydroxyl groups is 1. The van der Waals surface area contributed by atoms with Crippen LogP contribution in [0.2, 0.25) is 0 Å². The number of rotatable bonds is 5. The quantitative estimate of drug-likeness (QED) is 0.814. The number of hydrogen-bond donors (Lipinski definition) is 1.